The highest BCUT2D eigenvalue weighted by Gasteiger charge is 2.25. The number of nitrogen functional groups attached to an aromatic ring is 1. The number of anilines is 1. The van der Waals surface area contributed by atoms with Crippen LogP contribution in [0.4, 0.5) is 10.2 Å². The van der Waals surface area contributed by atoms with Gasteiger partial charge in [-0.3, -0.25) is 9.89 Å². The van der Waals surface area contributed by atoms with E-state index in [-0.39, 0.29) is 11.6 Å². The van der Waals surface area contributed by atoms with Crippen LogP contribution < -0.4 is 16.2 Å². The molecule has 0 spiro atoms. The molecule has 1 aliphatic rings. The molecule has 1 aliphatic heterocycles. The summed E-state index contributed by atoms with van der Waals surface area (Å²) in [5.74, 6) is 0.859. The molecule has 3 rings (SSSR count). The van der Waals surface area contributed by atoms with Crippen molar-refractivity contribution in [1.29, 1.82) is 0 Å². The standard InChI is InChI=1S/C26H33ClFN5O.C3H8.C2H6/c1-16-8-9-22(27)24(25(16)28)18(3)34-23-10-21(12-32-26(23)30)20(11-31-4)7-5-6-19-14-33(15-19)13-17(2)29;1-3-2;1-2/h7-12,18-19H,2,5-6,13-15,29H2,1,3-4H3,(H2,30,32);3H2,1-2H3;1-2H3/b20-7+,31-11?;;. The molecule has 39 heavy (non-hydrogen) atoms. The fourth-order valence-electron chi connectivity index (χ4n) is 4.14. The molecule has 0 amide bonds. The zero-order valence-corrected chi connectivity index (χ0v) is 25.5. The lowest BCUT2D eigenvalue weighted by Crippen LogP contribution is -2.47. The van der Waals surface area contributed by atoms with Gasteiger partial charge in [0.1, 0.15) is 11.9 Å². The summed E-state index contributed by atoms with van der Waals surface area (Å²) in [6, 6.07) is 5.12. The monoisotopic (exact) mass is 559 g/mol. The zero-order chi connectivity index (χ0) is 29.5. The molecule has 1 atom stereocenters. The summed E-state index contributed by atoms with van der Waals surface area (Å²) >= 11 is 6.25. The Morgan fingerprint density at radius 3 is 2.56 bits per heavy atom. The number of rotatable bonds is 10. The maximum absolute atomic E-state index is 14.7. The van der Waals surface area contributed by atoms with Crippen molar-refractivity contribution in [3.8, 4) is 5.75 Å². The fourth-order valence-corrected chi connectivity index (χ4v) is 4.44. The minimum atomic E-state index is -0.648. The third-order valence-electron chi connectivity index (χ3n) is 5.91. The molecular weight excluding hydrogens is 513 g/mol. The van der Waals surface area contributed by atoms with E-state index in [1.807, 2.05) is 19.9 Å². The number of allylic oxidation sites excluding steroid dienone is 2. The van der Waals surface area contributed by atoms with Gasteiger partial charge >= 0.3 is 0 Å². The molecule has 1 aromatic heterocycles. The number of aliphatic imine (C=N–C) groups is 1. The van der Waals surface area contributed by atoms with Gasteiger partial charge in [0, 0.05) is 55.9 Å². The second kappa shape index (κ2) is 17.6. The average Bonchev–Trinajstić information content (AvgIpc) is 2.87. The molecule has 2 aromatic rings. The lowest BCUT2D eigenvalue weighted by Gasteiger charge is -2.39. The first kappa shape index (κ1) is 34.1. The van der Waals surface area contributed by atoms with Gasteiger partial charge in [-0.25, -0.2) is 9.37 Å². The first-order valence-electron chi connectivity index (χ1n) is 13.8. The Bertz CT molecular complexity index is 1110. The Hall–Kier alpha value is -2.90. The van der Waals surface area contributed by atoms with E-state index in [0.717, 1.165) is 43.6 Å². The Morgan fingerprint density at radius 2 is 1.97 bits per heavy atom. The number of nitrogens with zero attached hydrogens (tertiary/aromatic N) is 3. The molecule has 6 nitrogen and oxygen atoms in total. The van der Waals surface area contributed by atoms with Crippen molar-refractivity contribution in [3.63, 3.8) is 0 Å². The highest BCUT2D eigenvalue weighted by Crippen LogP contribution is 2.34. The highest BCUT2D eigenvalue weighted by atomic mass is 35.5. The Morgan fingerprint density at radius 1 is 1.33 bits per heavy atom. The Labute approximate surface area is 240 Å². The van der Waals surface area contributed by atoms with Crippen LogP contribution in [0.1, 0.15) is 76.7 Å². The van der Waals surface area contributed by atoms with Crippen LogP contribution in [0, 0.1) is 18.7 Å². The number of likely N-dealkylation sites (tertiary alicyclic amines) is 1. The maximum atomic E-state index is 14.7. The molecular formula is C31H47ClFN5O. The van der Waals surface area contributed by atoms with Crippen molar-refractivity contribution in [2.24, 2.45) is 16.6 Å². The molecule has 2 heterocycles. The summed E-state index contributed by atoms with van der Waals surface area (Å²) in [4.78, 5) is 10.8. The van der Waals surface area contributed by atoms with Crippen LogP contribution in [0.2, 0.25) is 5.02 Å². The van der Waals surface area contributed by atoms with Crippen molar-refractivity contribution in [2.75, 3.05) is 32.4 Å². The Balaban J connectivity index is 0.00000142. The predicted molar refractivity (Wildman–Crippen MR) is 166 cm³/mol. The highest BCUT2D eigenvalue weighted by molar-refractivity contribution is 6.31. The van der Waals surface area contributed by atoms with Crippen molar-refractivity contribution >= 4 is 29.2 Å². The van der Waals surface area contributed by atoms with Gasteiger partial charge < -0.3 is 16.2 Å². The van der Waals surface area contributed by atoms with E-state index in [1.165, 1.54) is 6.42 Å². The number of hydrogen-bond acceptors (Lipinski definition) is 6. The molecule has 4 N–H and O–H groups in total. The summed E-state index contributed by atoms with van der Waals surface area (Å²) in [6.45, 7) is 18.3. The normalized spacial score (nSPS) is 14.5. The Kier molecular flexibility index (Phi) is 15.4. The summed E-state index contributed by atoms with van der Waals surface area (Å²) in [7, 11) is 1.73. The number of hydrogen-bond donors (Lipinski definition) is 2. The number of nitrogens with two attached hydrogens (primary N) is 2. The van der Waals surface area contributed by atoms with Crippen LogP contribution >= 0.6 is 11.6 Å². The van der Waals surface area contributed by atoms with E-state index < -0.39 is 6.10 Å². The number of ether oxygens (including phenoxy) is 1. The van der Waals surface area contributed by atoms with Crippen molar-refractivity contribution < 1.29 is 9.13 Å². The van der Waals surface area contributed by atoms with Gasteiger partial charge in [-0.05, 0) is 55.9 Å². The fraction of sp³-hybridized carbons (Fsp3) is 0.484. The molecule has 0 aliphatic carbocycles. The first-order chi connectivity index (χ1) is 18.6. The number of benzene rings is 1. The average molecular weight is 560 g/mol. The van der Waals surface area contributed by atoms with Crippen LogP contribution in [0.15, 0.2) is 47.7 Å². The molecule has 216 valence electrons. The molecule has 0 radical (unpaired) electrons. The summed E-state index contributed by atoms with van der Waals surface area (Å²) < 4.78 is 20.7. The van der Waals surface area contributed by atoms with E-state index in [0.29, 0.717) is 33.5 Å². The summed E-state index contributed by atoms with van der Waals surface area (Å²) in [6.07, 6.45) is 8.22. The molecule has 8 heteroatoms. The van der Waals surface area contributed by atoms with Gasteiger partial charge in [-0.2, -0.15) is 0 Å². The van der Waals surface area contributed by atoms with Gasteiger partial charge in [-0.1, -0.05) is 64.4 Å². The molecule has 1 aromatic carbocycles. The maximum Gasteiger partial charge on any atom is 0.166 e. The minimum absolute atomic E-state index is 0.226. The molecule has 1 fully saturated rings. The van der Waals surface area contributed by atoms with Gasteiger partial charge in [0.05, 0.1) is 5.02 Å². The van der Waals surface area contributed by atoms with E-state index in [4.69, 9.17) is 27.8 Å². The van der Waals surface area contributed by atoms with E-state index >= 15 is 0 Å². The third kappa shape index (κ3) is 10.6. The molecule has 1 unspecified atom stereocenters. The van der Waals surface area contributed by atoms with Crippen LogP contribution in [0.5, 0.6) is 5.75 Å². The summed E-state index contributed by atoms with van der Waals surface area (Å²) in [5, 5.41) is 0.308. The molecule has 0 saturated carbocycles. The van der Waals surface area contributed by atoms with Crippen molar-refractivity contribution in [1.82, 2.24) is 9.88 Å². The van der Waals surface area contributed by atoms with Gasteiger partial charge in [0.2, 0.25) is 0 Å². The zero-order valence-electron chi connectivity index (χ0n) is 24.7. The smallest absolute Gasteiger partial charge is 0.166 e. The predicted octanol–water partition coefficient (Wildman–Crippen LogP) is 7.62. The van der Waals surface area contributed by atoms with E-state index in [2.05, 4.69) is 41.4 Å². The van der Waals surface area contributed by atoms with E-state index in [1.54, 1.807) is 45.4 Å². The number of pyridine rings is 1. The van der Waals surface area contributed by atoms with E-state index in [9.17, 15) is 4.39 Å². The third-order valence-corrected chi connectivity index (χ3v) is 6.24. The second-order valence-electron chi connectivity index (χ2n) is 9.51. The topological polar surface area (TPSA) is 89.8 Å². The van der Waals surface area contributed by atoms with Gasteiger partial charge in [0.25, 0.3) is 0 Å². The molecule has 0 bridgehead atoms. The van der Waals surface area contributed by atoms with Crippen LogP contribution in [-0.2, 0) is 0 Å². The lowest BCUT2D eigenvalue weighted by molar-refractivity contribution is 0.106. The number of aryl methyl sites for hydroxylation is 1. The van der Waals surface area contributed by atoms with Crippen LogP contribution in [0.25, 0.3) is 5.57 Å². The number of halogens is 2. The summed E-state index contributed by atoms with van der Waals surface area (Å²) in [5.41, 5.74) is 15.0. The first-order valence-corrected chi connectivity index (χ1v) is 14.1. The van der Waals surface area contributed by atoms with Gasteiger partial charge in [-0.15, -0.1) is 0 Å². The van der Waals surface area contributed by atoms with Crippen LogP contribution in [-0.4, -0.2) is 42.8 Å². The number of aromatic nitrogens is 1. The lowest BCUT2D eigenvalue weighted by atomic mass is 9.93. The minimum Gasteiger partial charge on any atom is -0.482 e. The quantitative estimate of drug-likeness (QED) is 0.292. The van der Waals surface area contributed by atoms with Crippen molar-refractivity contribution in [3.05, 3.63) is 70.3 Å². The van der Waals surface area contributed by atoms with Gasteiger partial charge in [0.15, 0.2) is 11.6 Å². The second-order valence-corrected chi connectivity index (χ2v) is 9.92. The largest absolute Gasteiger partial charge is 0.482 e. The van der Waals surface area contributed by atoms with Crippen LogP contribution in [0.3, 0.4) is 0 Å². The van der Waals surface area contributed by atoms with Crippen molar-refractivity contribution in [2.45, 2.75) is 66.9 Å². The molecule has 1 saturated heterocycles. The SMILES string of the molecule is C=C(N)CN1CC(CC/C=C(\C=NC)c2cnc(N)c(OC(C)c3c(Cl)ccc(C)c3F)c2)C1.CC.CCC.